The van der Waals surface area contributed by atoms with Crippen LogP contribution in [0.1, 0.15) is 11.1 Å². The third-order valence-electron chi connectivity index (χ3n) is 2.55. The Labute approximate surface area is 84.0 Å². The summed E-state index contributed by atoms with van der Waals surface area (Å²) in [6, 6.07) is 4.01. The summed E-state index contributed by atoms with van der Waals surface area (Å²) in [4.78, 5) is 0. The van der Waals surface area contributed by atoms with E-state index in [4.69, 9.17) is 9.47 Å². The summed E-state index contributed by atoms with van der Waals surface area (Å²) in [5, 5.41) is 4.35. The fraction of sp³-hybridized carbons (Fsp3) is 0.455. The summed E-state index contributed by atoms with van der Waals surface area (Å²) in [6.07, 6.45) is 0.954. The van der Waals surface area contributed by atoms with Crippen LogP contribution < -0.4 is 14.8 Å². The largest absolute Gasteiger partial charge is 0.493 e. The zero-order valence-corrected chi connectivity index (χ0v) is 8.54. The van der Waals surface area contributed by atoms with Gasteiger partial charge >= 0.3 is 0 Å². The molecule has 1 radical (unpaired) electrons. The molecule has 0 atom stereocenters. The minimum absolute atomic E-state index is 0.801. The molecule has 3 nitrogen and oxygen atoms in total. The van der Waals surface area contributed by atoms with Gasteiger partial charge in [-0.25, -0.2) is 5.32 Å². The molecule has 75 valence electrons. The van der Waals surface area contributed by atoms with Crippen LogP contribution in [-0.2, 0) is 13.0 Å². The van der Waals surface area contributed by atoms with Crippen LogP contribution in [0.5, 0.6) is 11.5 Å². The molecule has 3 heteroatoms. The molecule has 0 bridgehead atoms. The van der Waals surface area contributed by atoms with E-state index in [1.165, 1.54) is 11.1 Å². The van der Waals surface area contributed by atoms with E-state index in [2.05, 4.69) is 11.4 Å². The van der Waals surface area contributed by atoms with E-state index in [-0.39, 0.29) is 0 Å². The Bertz CT molecular complexity index is 321. The Morgan fingerprint density at radius 3 is 2.79 bits per heavy atom. The van der Waals surface area contributed by atoms with E-state index in [1.807, 2.05) is 6.07 Å². The fourth-order valence-corrected chi connectivity index (χ4v) is 1.84. The topological polar surface area (TPSA) is 32.6 Å². The Hall–Kier alpha value is -1.22. The van der Waals surface area contributed by atoms with Gasteiger partial charge in [-0.05, 0) is 18.1 Å². The molecular weight excluding hydrogens is 178 g/mol. The summed E-state index contributed by atoms with van der Waals surface area (Å²) < 4.78 is 10.6. The molecule has 0 N–H and O–H groups in total. The van der Waals surface area contributed by atoms with Crippen molar-refractivity contribution in [2.75, 3.05) is 20.8 Å². The molecule has 2 rings (SSSR count). The van der Waals surface area contributed by atoms with Crippen LogP contribution >= 0.6 is 0 Å². The van der Waals surface area contributed by atoms with Crippen molar-refractivity contribution in [3.8, 4) is 11.5 Å². The number of hydrogen-bond donors (Lipinski definition) is 0. The minimum atomic E-state index is 0.801. The Morgan fingerprint density at radius 1 is 1.21 bits per heavy atom. The number of benzene rings is 1. The molecule has 0 aromatic heterocycles. The molecule has 0 fully saturated rings. The standard InChI is InChI=1S/C11H14NO2/c1-13-10-4-3-8-7-12-6-5-9(8)11(10)14-2/h3-4H,5-7H2,1-2H3. The maximum absolute atomic E-state index is 5.37. The molecular formula is C11H14NO2. The monoisotopic (exact) mass is 192 g/mol. The van der Waals surface area contributed by atoms with E-state index >= 15 is 0 Å². The third-order valence-corrected chi connectivity index (χ3v) is 2.55. The highest BCUT2D eigenvalue weighted by atomic mass is 16.5. The second-order valence-corrected chi connectivity index (χ2v) is 3.29. The first kappa shape index (κ1) is 9.34. The van der Waals surface area contributed by atoms with Crippen LogP contribution in [-0.4, -0.2) is 20.8 Å². The molecule has 1 aromatic carbocycles. The number of rotatable bonds is 2. The average Bonchev–Trinajstić information content (AvgIpc) is 2.27. The van der Waals surface area contributed by atoms with Crippen molar-refractivity contribution < 1.29 is 9.47 Å². The van der Waals surface area contributed by atoms with Gasteiger partial charge in [0.25, 0.3) is 0 Å². The van der Waals surface area contributed by atoms with Gasteiger partial charge in [0, 0.05) is 18.7 Å². The van der Waals surface area contributed by atoms with Crippen LogP contribution in [0.25, 0.3) is 0 Å². The predicted molar refractivity (Wildman–Crippen MR) is 54.0 cm³/mol. The highest BCUT2D eigenvalue weighted by molar-refractivity contribution is 5.51. The second kappa shape index (κ2) is 3.88. The molecule has 0 aliphatic carbocycles. The van der Waals surface area contributed by atoms with Crippen molar-refractivity contribution in [2.45, 2.75) is 13.0 Å². The zero-order valence-electron chi connectivity index (χ0n) is 8.54. The van der Waals surface area contributed by atoms with Gasteiger partial charge in [-0.3, -0.25) is 0 Å². The second-order valence-electron chi connectivity index (χ2n) is 3.29. The van der Waals surface area contributed by atoms with E-state index in [1.54, 1.807) is 14.2 Å². The molecule has 0 saturated carbocycles. The normalized spacial score (nSPS) is 14.7. The SMILES string of the molecule is COc1ccc2c(c1OC)CC[N]C2. The zero-order chi connectivity index (χ0) is 9.97. The number of fused-ring (bicyclic) bond motifs is 1. The quantitative estimate of drug-likeness (QED) is 0.708. The smallest absolute Gasteiger partial charge is 0.164 e. The number of methoxy groups -OCH3 is 2. The van der Waals surface area contributed by atoms with Crippen LogP contribution in [0.4, 0.5) is 0 Å². The summed E-state index contributed by atoms with van der Waals surface area (Å²) in [5.41, 5.74) is 2.51. The lowest BCUT2D eigenvalue weighted by molar-refractivity contribution is 0.349. The molecule has 14 heavy (non-hydrogen) atoms. The molecule has 1 aliphatic heterocycles. The lowest BCUT2D eigenvalue weighted by atomic mass is 9.99. The van der Waals surface area contributed by atoms with E-state index in [0.29, 0.717) is 0 Å². The first-order chi connectivity index (χ1) is 6.86. The van der Waals surface area contributed by atoms with Crippen LogP contribution in [0.3, 0.4) is 0 Å². The molecule has 0 amide bonds. The van der Waals surface area contributed by atoms with Gasteiger partial charge in [0.05, 0.1) is 14.2 Å². The van der Waals surface area contributed by atoms with E-state index < -0.39 is 0 Å². The predicted octanol–water partition coefficient (Wildman–Crippen LogP) is 1.36. The molecule has 1 aromatic rings. The highest BCUT2D eigenvalue weighted by Gasteiger charge is 2.17. The van der Waals surface area contributed by atoms with Gasteiger partial charge < -0.3 is 9.47 Å². The van der Waals surface area contributed by atoms with Crippen molar-refractivity contribution >= 4 is 0 Å². The van der Waals surface area contributed by atoms with Crippen molar-refractivity contribution in [3.63, 3.8) is 0 Å². The van der Waals surface area contributed by atoms with E-state index in [9.17, 15) is 0 Å². The van der Waals surface area contributed by atoms with Crippen LogP contribution in [0.15, 0.2) is 12.1 Å². The minimum Gasteiger partial charge on any atom is -0.493 e. The van der Waals surface area contributed by atoms with Crippen molar-refractivity contribution in [3.05, 3.63) is 23.3 Å². The summed E-state index contributed by atoms with van der Waals surface area (Å²) in [7, 11) is 3.35. The fourth-order valence-electron chi connectivity index (χ4n) is 1.84. The molecule has 1 heterocycles. The third kappa shape index (κ3) is 1.44. The number of hydrogen-bond acceptors (Lipinski definition) is 2. The van der Waals surface area contributed by atoms with Crippen LogP contribution in [0.2, 0.25) is 0 Å². The van der Waals surface area contributed by atoms with E-state index in [0.717, 1.165) is 31.0 Å². The summed E-state index contributed by atoms with van der Waals surface area (Å²) in [6.45, 7) is 1.69. The lowest BCUT2D eigenvalue weighted by Crippen LogP contribution is -2.18. The van der Waals surface area contributed by atoms with Gasteiger partial charge in [-0.2, -0.15) is 0 Å². The average molecular weight is 192 g/mol. The van der Waals surface area contributed by atoms with Crippen molar-refractivity contribution in [2.24, 2.45) is 0 Å². The summed E-state index contributed by atoms with van der Waals surface area (Å²) >= 11 is 0. The highest BCUT2D eigenvalue weighted by Crippen LogP contribution is 2.34. The van der Waals surface area contributed by atoms with Crippen molar-refractivity contribution in [1.82, 2.24) is 5.32 Å². The molecule has 0 unspecified atom stereocenters. The Morgan fingerprint density at radius 2 is 2.07 bits per heavy atom. The first-order valence-corrected chi connectivity index (χ1v) is 4.72. The van der Waals surface area contributed by atoms with Gasteiger partial charge in [0.2, 0.25) is 0 Å². The molecule has 0 spiro atoms. The molecule has 0 saturated heterocycles. The molecule has 1 aliphatic rings. The van der Waals surface area contributed by atoms with Crippen molar-refractivity contribution in [1.29, 1.82) is 0 Å². The van der Waals surface area contributed by atoms with Crippen LogP contribution in [0, 0.1) is 0 Å². The number of ether oxygens (including phenoxy) is 2. The summed E-state index contributed by atoms with van der Waals surface area (Å²) in [5.74, 6) is 1.69. The maximum atomic E-state index is 5.37. The maximum Gasteiger partial charge on any atom is 0.164 e. The number of nitrogens with zero attached hydrogens (tertiary/aromatic N) is 1. The Balaban J connectivity index is 2.50. The Kier molecular flexibility index (Phi) is 2.59. The first-order valence-electron chi connectivity index (χ1n) is 4.72. The van der Waals surface area contributed by atoms with Gasteiger partial charge in [0.15, 0.2) is 11.5 Å². The van der Waals surface area contributed by atoms with Gasteiger partial charge in [-0.1, -0.05) is 6.07 Å². The van der Waals surface area contributed by atoms with Gasteiger partial charge in [0.1, 0.15) is 0 Å². The lowest BCUT2D eigenvalue weighted by Gasteiger charge is -2.20. The van der Waals surface area contributed by atoms with Gasteiger partial charge in [-0.15, -0.1) is 0 Å².